The lowest BCUT2D eigenvalue weighted by molar-refractivity contribution is 0.306. The van der Waals surface area contributed by atoms with E-state index in [4.69, 9.17) is 15.3 Å². The summed E-state index contributed by atoms with van der Waals surface area (Å²) in [5, 5.41) is 17.9. The second kappa shape index (κ2) is 7.86. The Morgan fingerprint density at radius 3 is 2.23 bits per heavy atom. The van der Waals surface area contributed by atoms with Crippen molar-refractivity contribution in [2.75, 3.05) is 0 Å². The fourth-order valence-electron chi connectivity index (χ4n) is 2.15. The van der Waals surface area contributed by atoms with Crippen molar-refractivity contribution >= 4 is 0 Å². The SMILES string of the molecule is CCCCc1ccc(COc2ccc(C#N)c(C#N)c2)cc1. The van der Waals surface area contributed by atoms with Crippen LogP contribution in [0.15, 0.2) is 42.5 Å². The van der Waals surface area contributed by atoms with Gasteiger partial charge in [0.2, 0.25) is 0 Å². The van der Waals surface area contributed by atoms with Crippen LogP contribution in [0, 0.1) is 22.7 Å². The Hall–Kier alpha value is -2.78. The van der Waals surface area contributed by atoms with Gasteiger partial charge >= 0.3 is 0 Å². The van der Waals surface area contributed by atoms with E-state index in [2.05, 4.69) is 31.2 Å². The molecule has 0 spiro atoms. The van der Waals surface area contributed by atoms with Gasteiger partial charge in [0.05, 0.1) is 11.1 Å². The van der Waals surface area contributed by atoms with E-state index in [0.29, 0.717) is 23.5 Å². The molecule has 3 nitrogen and oxygen atoms in total. The third kappa shape index (κ3) is 4.11. The maximum Gasteiger partial charge on any atom is 0.121 e. The molecule has 0 unspecified atom stereocenters. The number of nitrogens with zero attached hydrogens (tertiary/aromatic N) is 2. The highest BCUT2D eigenvalue weighted by Crippen LogP contribution is 2.18. The number of ether oxygens (including phenoxy) is 1. The normalized spacial score (nSPS) is 9.77. The summed E-state index contributed by atoms with van der Waals surface area (Å²) >= 11 is 0. The molecule has 0 atom stereocenters. The van der Waals surface area contributed by atoms with Gasteiger partial charge in [0.25, 0.3) is 0 Å². The molecule has 0 aliphatic heterocycles. The van der Waals surface area contributed by atoms with Crippen LogP contribution in [0.2, 0.25) is 0 Å². The summed E-state index contributed by atoms with van der Waals surface area (Å²) in [6.07, 6.45) is 3.52. The van der Waals surface area contributed by atoms with Crippen molar-refractivity contribution in [3.8, 4) is 17.9 Å². The topological polar surface area (TPSA) is 56.8 Å². The van der Waals surface area contributed by atoms with E-state index in [-0.39, 0.29) is 0 Å². The van der Waals surface area contributed by atoms with Gasteiger partial charge in [0.15, 0.2) is 0 Å². The zero-order valence-corrected chi connectivity index (χ0v) is 12.7. The molecule has 0 aliphatic rings. The average molecular weight is 290 g/mol. The molecular formula is C19H18N2O. The molecule has 2 aromatic carbocycles. The predicted octanol–water partition coefficient (Wildman–Crippen LogP) is 4.35. The monoisotopic (exact) mass is 290 g/mol. The molecule has 0 saturated heterocycles. The molecule has 0 radical (unpaired) electrons. The van der Waals surface area contributed by atoms with Gasteiger partial charge in [0.1, 0.15) is 24.5 Å². The molecule has 0 aliphatic carbocycles. The average Bonchev–Trinajstić information content (AvgIpc) is 2.58. The first-order valence-electron chi connectivity index (χ1n) is 7.41. The number of hydrogen-bond donors (Lipinski definition) is 0. The lowest BCUT2D eigenvalue weighted by Gasteiger charge is -2.08. The van der Waals surface area contributed by atoms with Crippen LogP contribution >= 0.6 is 0 Å². The summed E-state index contributed by atoms with van der Waals surface area (Å²) in [6.45, 7) is 2.64. The standard InChI is InChI=1S/C19H18N2O/c1-2-3-4-15-5-7-16(8-6-15)14-22-19-10-9-17(12-20)18(11-19)13-21/h5-11H,2-4,14H2,1H3. The molecule has 0 fully saturated rings. The Bertz CT molecular complexity index is 706. The number of benzene rings is 2. The highest BCUT2D eigenvalue weighted by atomic mass is 16.5. The number of nitriles is 2. The molecule has 2 aromatic rings. The molecule has 2 rings (SSSR count). The molecular weight excluding hydrogens is 272 g/mol. The van der Waals surface area contributed by atoms with E-state index in [0.717, 1.165) is 12.0 Å². The molecule has 0 saturated carbocycles. The first kappa shape index (κ1) is 15.6. The number of aryl methyl sites for hydroxylation is 1. The van der Waals surface area contributed by atoms with E-state index in [1.807, 2.05) is 12.1 Å². The minimum atomic E-state index is 0.343. The fourth-order valence-corrected chi connectivity index (χ4v) is 2.15. The van der Waals surface area contributed by atoms with Gasteiger partial charge in [-0.05, 0) is 42.2 Å². The first-order valence-corrected chi connectivity index (χ1v) is 7.41. The lowest BCUT2D eigenvalue weighted by Crippen LogP contribution is -1.97. The first-order chi connectivity index (χ1) is 10.8. The number of rotatable bonds is 6. The van der Waals surface area contributed by atoms with Crippen LogP contribution in [0.4, 0.5) is 0 Å². The van der Waals surface area contributed by atoms with Gasteiger partial charge in [-0.2, -0.15) is 10.5 Å². The summed E-state index contributed by atoms with van der Waals surface area (Å²) in [5.74, 6) is 0.602. The van der Waals surface area contributed by atoms with Crippen LogP contribution in [0.5, 0.6) is 5.75 Å². The van der Waals surface area contributed by atoms with Crippen molar-refractivity contribution in [3.05, 3.63) is 64.7 Å². The fraction of sp³-hybridized carbons (Fsp3) is 0.263. The van der Waals surface area contributed by atoms with Gasteiger partial charge in [0, 0.05) is 0 Å². The van der Waals surface area contributed by atoms with Gasteiger partial charge in [-0.3, -0.25) is 0 Å². The lowest BCUT2D eigenvalue weighted by atomic mass is 10.1. The maximum atomic E-state index is 9.00. The summed E-state index contributed by atoms with van der Waals surface area (Å²) in [5.41, 5.74) is 3.14. The van der Waals surface area contributed by atoms with Crippen molar-refractivity contribution in [2.24, 2.45) is 0 Å². The van der Waals surface area contributed by atoms with Crippen molar-refractivity contribution in [2.45, 2.75) is 32.8 Å². The van der Waals surface area contributed by atoms with Crippen LogP contribution in [0.3, 0.4) is 0 Å². The minimum Gasteiger partial charge on any atom is -0.489 e. The molecule has 0 bridgehead atoms. The molecule has 22 heavy (non-hydrogen) atoms. The zero-order valence-electron chi connectivity index (χ0n) is 12.7. The second-order valence-electron chi connectivity index (χ2n) is 5.14. The molecule has 3 heteroatoms. The third-order valence-corrected chi connectivity index (χ3v) is 3.48. The van der Waals surface area contributed by atoms with Crippen LogP contribution in [-0.4, -0.2) is 0 Å². The predicted molar refractivity (Wildman–Crippen MR) is 85.3 cm³/mol. The summed E-state index contributed by atoms with van der Waals surface area (Å²) < 4.78 is 5.69. The van der Waals surface area contributed by atoms with Gasteiger partial charge < -0.3 is 4.74 Å². The number of hydrogen-bond acceptors (Lipinski definition) is 3. The highest BCUT2D eigenvalue weighted by Gasteiger charge is 2.04. The van der Waals surface area contributed by atoms with E-state index in [9.17, 15) is 0 Å². The summed E-state index contributed by atoms with van der Waals surface area (Å²) in [6, 6.07) is 17.3. The molecule has 0 heterocycles. The molecule has 110 valence electrons. The van der Waals surface area contributed by atoms with Crippen molar-refractivity contribution in [1.29, 1.82) is 10.5 Å². The Kier molecular flexibility index (Phi) is 5.57. The Morgan fingerprint density at radius 2 is 1.59 bits per heavy atom. The van der Waals surface area contributed by atoms with Crippen LogP contribution in [-0.2, 0) is 13.0 Å². The van der Waals surface area contributed by atoms with E-state index < -0.39 is 0 Å². The Labute approximate surface area is 131 Å². The molecule has 0 aromatic heterocycles. The van der Waals surface area contributed by atoms with E-state index in [1.165, 1.54) is 18.4 Å². The summed E-state index contributed by atoms with van der Waals surface area (Å²) in [4.78, 5) is 0. The second-order valence-corrected chi connectivity index (χ2v) is 5.14. The van der Waals surface area contributed by atoms with Gasteiger partial charge in [-0.25, -0.2) is 0 Å². The molecule has 0 N–H and O–H groups in total. The van der Waals surface area contributed by atoms with Gasteiger partial charge in [-0.15, -0.1) is 0 Å². The summed E-state index contributed by atoms with van der Waals surface area (Å²) in [7, 11) is 0. The Morgan fingerprint density at radius 1 is 0.909 bits per heavy atom. The highest BCUT2D eigenvalue weighted by molar-refractivity contribution is 5.49. The van der Waals surface area contributed by atoms with E-state index >= 15 is 0 Å². The minimum absolute atomic E-state index is 0.343. The maximum absolute atomic E-state index is 9.00. The van der Waals surface area contributed by atoms with Crippen LogP contribution in [0.25, 0.3) is 0 Å². The van der Waals surface area contributed by atoms with Crippen LogP contribution < -0.4 is 4.74 Å². The van der Waals surface area contributed by atoms with E-state index in [1.54, 1.807) is 18.2 Å². The Balaban J connectivity index is 1.98. The quantitative estimate of drug-likeness (QED) is 0.794. The van der Waals surface area contributed by atoms with Gasteiger partial charge in [-0.1, -0.05) is 37.6 Å². The van der Waals surface area contributed by atoms with Crippen molar-refractivity contribution in [3.63, 3.8) is 0 Å². The third-order valence-electron chi connectivity index (χ3n) is 3.48. The largest absolute Gasteiger partial charge is 0.489 e. The van der Waals surface area contributed by atoms with Crippen LogP contribution in [0.1, 0.15) is 42.0 Å². The van der Waals surface area contributed by atoms with Crippen molar-refractivity contribution in [1.82, 2.24) is 0 Å². The van der Waals surface area contributed by atoms with Crippen molar-refractivity contribution < 1.29 is 4.74 Å². The zero-order chi connectivity index (χ0) is 15.8. The smallest absolute Gasteiger partial charge is 0.121 e. The number of unbranched alkanes of at least 4 members (excludes halogenated alkanes) is 1. The molecule has 0 amide bonds.